The summed E-state index contributed by atoms with van der Waals surface area (Å²) in [6, 6.07) is 22.5. The second-order valence-electron chi connectivity index (χ2n) is 16.7. The monoisotopic (exact) mass is 884 g/mol. The molecule has 0 radical (unpaired) electrons. The highest BCUT2D eigenvalue weighted by molar-refractivity contribution is 7.36. The van der Waals surface area contributed by atoms with Gasteiger partial charge in [0.1, 0.15) is 12.2 Å². The van der Waals surface area contributed by atoms with Crippen LogP contribution in [0, 0.1) is 11.8 Å². The molecule has 324 valence electrons. The summed E-state index contributed by atoms with van der Waals surface area (Å²) in [6.45, 7) is 13.1. The molecule has 6 rings (SSSR count). The third-order valence-electron chi connectivity index (χ3n) is 12.1. The molecule has 0 aliphatic carbocycles. The lowest BCUT2D eigenvalue weighted by Gasteiger charge is -2.20. The maximum Gasteiger partial charge on any atom is 0.309 e. The van der Waals surface area contributed by atoms with E-state index in [9.17, 15) is 9.59 Å². The first-order valence-electron chi connectivity index (χ1n) is 23.3. The van der Waals surface area contributed by atoms with Crippen molar-refractivity contribution in [2.45, 2.75) is 169 Å². The van der Waals surface area contributed by atoms with Gasteiger partial charge in [-0.25, -0.2) is 0 Å². The third-order valence-corrected chi connectivity index (χ3v) is 17.0. The van der Waals surface area contributed by atoms with Gasteiger partial charge in [-0.05, 0) is 86.1 Å². The van der Waals surface area contributed by atoms with Gasteiger partial charge in [0.2, 0.25) is 0 Å². The molecule has 4 heterocycles. The fourth-order valence-electron chi connectivity index (χ4n) is 8.38. The molecule has 8 heteroatoms. The predicted octanol–water partition coefficient (Wildman–Crippen LogP) is 18.3. The number of esters is 2. The molecule has 0 saturated heterocycles. The molecule has 0 aliphatic heterocycles. The van der Waals surface area contributed by atoms with E-state index in [1.807, 2.05) is 22.7 Å². The van der Waals surface area contributed by atoms with Gasteiger partial charge in [-0.3, -0.25) is 9.59 Å². The van der Waals surface area contributed by atoms with Crippen LogP contribution in [-0.4, -0.2) is 11.9 Å². The minimum atomic E-state index is -0.201. The van der Waals surface area contributed by atoms with Gasteiger partial charge >= 0.3 is 11.9 Å². The van der Waals surface area contributed by atoms with Crippen LogP contribution in [0.15, 0.2) is 60.7 Å². The van der Waals surface area contributed by atoms with Crippen LogP contribution in [0.25, 0.3) is 50.5 Å². The Balaban J connectivity index is 1.14. The van der Waals surface area contributed by atoms with E-state index in [4.69, 9.17) is 9.47 Å². The Kier molecular flexibility index (Phi) is 18.1. The Morgan fingerprint density at radius 3 is 1.25 bits per heavy atom. The van der Waals surface area contributed by atoms with Crippen molar-refractivity contribution in [1.82, 2.24) is 0 Å². The Labute approximate surface area is 376 Å². The van der Waals surface area contributed by atoms with E-state index < -0.39 is 0 Å². The Morgan fingerprint density at radius 1 is 0.467 bits per heavy atom. The summed E-state index contributed by atoms with van der Waals surface area (Å²) in [5.41, 5.74) is 2.43. The van der Waals surface area contributed by atoms with E-state index in [2.05, 4.69) is 102 Å². The maximum atomic E-state index is 13.4. The van der Waals surface area contributed by atoms with Crippen molar-refractivity contribution in [3.63, 3.8) is 0 Å². The molecule has 60 heavy (non-hydrogen) atoms. The zero-order chi connectivity index (χ0) is 42.4. The zero-order valence-electron chi connectivity index (χ0n) is 37.1. The molecule has 4 unspecified atom stereocenters. The topological polar surface area (TPSA) is 52.6 Å². The van der Waals surface area contributed by atoms with E-state index >= 15 is 0 Å². The van der Waals surface area contributed by atoms with E-state index in [1.54, 1.807) is 22.7 Å². The van der Waals surface area contributed by atoms with Gasteiger partial charge in [-0.2, -0.15) is 0 Å². The number of unbranched alkanes of at least 4 members (excludes halogenated alkanes) is 8. The summed E-state index contributed by atoms with van der Waals surface area (Å²) >= 11 is 7.28. The molecule has 0 bridgehead atoms. The van der Waals surface area contributed by atoms with Crippen molar-refractivity contribution in [2.24, 2.45) is 11.8 Å². The summed E-state index contributed by atoms with van der Waals surface area (Å²) in [5, 5.41) is 2.62. The van der Waals surface area contributed by atoms with Gasteiger partial charge in [0.15, 0.2) is 0 Å². The average Bonchev–Trinajstić information content (AvgIpc) is 4.08. The fourth-order valence-corrected chi connectivity index (χ4v) is 13.3. The lowest BCUT2D eigenvalue weighted by Crippen LogP contribution is -2.20. The van der Waals surface area contributed by atoms with E-state index in [1.165, 1.54) is 89.0 Å². The Morgan fingerprint density at radius 2 is 0.867 bits per heavy atom. The maximum absolute atomic E-state index is 13.4. The molecular weight excluding hydrogens is 817 g/mol. The fraction of sp³-hybridized carbons (Fsp3) is 0.538. The lowest BCUT2D eigenvalue weighted by atomic mass is 9.95. The Bertz CT molecular complexity index is 2100. The predicted molar refractivity (Wildman–Crippen MR) is 263 cm³/mol. The van der Waals surface area contributed by atoms with Crippen LogP contribution in [0.2, 0.25) is 0 Å². The summed E-state index contributed by atoms with van der Waals surface area (Å²) < 4.78 is 17.8. The second kappa shape index (κ2) is 23.4. The van der Waals surface area contributed by atoms with Gasteiger partial charge in [-0.15, -0.1) is 45.3 Å². The van der Waals surface area contributed by atoms with Crippen molar-refractivity contribution in [1.29, 1.82) is 0 Å². The first-order chi connectivity index (χ1) is 29.3. The molecule has 4 aromatic heterocycles. The highest BCUT2D eigenvalue weighted by Crippen LogP contribution is 2.47. The normalized spacial score (nSPS) is 13.9. The van der Waals surface area contributed by atoms with Crippen molar-refractivity contribution in [3.8, 4) is 20.9 Å². The summed E-state index contributed by atoms with van der Waals surface area (Å²) in [5.74, 6) is -0.00966. The molecule has 0 aliphatic rings. The number of ether oxygens (including phenoxy) is 2. The highest BCUT2D eigenvalue weighted by Gasteiger charge is 2.26. The number of benzene rings is 2. The summed E-state index contributed by atoms with van der Waals surface area (Å²) in [7, 11) is 0. The number of hydrogen-bond acceptors (Lipinski definition) is 8. The van der Waals surface area contributed by atoms with E-state index in [0.29, 0.717) is 0 Å². The van der Waals surface area contributed by atoms with Crippen LogP contribution < -0.4 is 0 Å². The molecule has 4 nitrogen and oxygen atoms in total. The van der Waals surface area contributed by atoms with Crippen molar-refractivity contribution < 1.29 is 19.1 Å². The zero-order valence-corrected chi connectivity index (χ0v) is 40.3. The molecule has 2 aromatic carbocycles. The van der Waals surface area contributed by atoms with Crippen LogP contribution >= 0.6 is 45.3 Å². The van der Waals surface area contributed by atoms with Crippen LogP contribution in [0.3, 0.4) is 0 Å². The summed E-state index contributed by atoms with van der Waals surface area (Å²) in [4.78, 5) is 31.6. The number of rotatable bonds is 26. The minimum absolute atomic E-state index is 0.00573. The third kappa shape index (κ3) is 11.7. The van der Waals surface area contributed by atoms with Gasteiger partial charge in [-0.1, -0.05) is 143 Å². The molecule has 0 fully saturated rings. The van der Waals surface area contributed by atoms with Crippen molar-refractivity contribution >= 4 is 86.9 Å². The molecular formula is C52H68O4S4. The largest absolute Gasteiger partial charge is 0.456 e. The standard InChI is InChI=1S/C52H68O4S4/c1-7-13-17-19-23-35(21-15-9-3)51(53)55-41(11-5)45-31-29-43(57-45)37-25-27-39-47(33-37)59-50-40-28-26-38(34-48(40)60-49(39)50)44-30-32-46(58-44)42(12-6)56-52(54)36(22-16-10-4)24-20-18-14-8-2/h25-36,41-42H,7-24H2,1-6H3. The molecule has 0 saturated carbocycles. The SMILES string of the molecule is CCCCCCC(CCCC)C(=O)OC(CC)c1ccc(-c2ccc3c(c2)sc2c4ccc(-c5ccc(C(CC)OC(=O)C(CCCC)CCCCCC)s5)cc4sc32)s1. The molecule has 6 aromatic rings. The average molecular weight is 885 g/mol. The number of carbonyl (C=O) groups is 2. The Hall–Kier alpha value is -3.04. The van der Waals surface area contributed by atoms with Gasteiger partial charge in [0, 0.05) is 39.7 Å². The van der Waals surface area contributed by atoms with Gasteiger partial charge < -0.3 is 9.47 Å². The number of fused-ring (bicyclic) bond motifs is 5. The first-order valence-corrected chi connectivity index (χ1v) is 26.6. The van der Waals surface area contributed by atoms with E-state index in [0.717, 1.165) is 86.8 Å². The highest BCUT2D eigenvalue weighted by atomic mass is 32.1. The van der Waals surface area contributed by atoms with Gasteiger partial charge in [0.05, 0.1) is 21.2 Å². The first kappa shape index (κ1) is 46.5. The van der Waals surface area contributed by atoms with E-state index in [-0.39, 0.29) is 36.0 Å². The number of carbonyl (C=O) groups excluding carboxylic acids is 2. The molecule has 0 amide bonds. The number of hydrogen-bond donors (Lipinski definition) is 0. The van der Waals surface area contributed by atoms with Crippen LogP contribution in [-0.2, 0) is 19.1 Å². The van der Waals surface area contributed by atoms with Gasteiger partial charge in [0.25, 0.3) is 0 Å². The van der Waals surface area contributed by atoms with Crippen LogP contribution in [0.5, 0.6) is 0 Å². The molecule has 4 atom stereocenters. The number of thiophene rings is 4. The lowest BCUT2D eigenvalue weighted by molar-refractivity contribution is -0.156. The smallest absolute Gasteiger partial charge is 0.309 e. The second-order valence-corrected chi connectivity index (χ2v) is 21.1. The minimum Gasteiger partial charge on any atom is -0.456 e. The summed E-state index contributed by atoms with van der Waals surface area (Å²) in [6.07, 6.45) is 18.7. The van der Waals surface area contributed by atoms with Crippen molar-refractivity contribution in [3.05, 3.63) is 70.4 Å². The molecule has 0 N–H and O–H groups in total. The van der Waals surface area contributed by atoms with Crippen LogP contribution in [0.4, 0.5) is 0 Å². The molecule has 0 spiro atoms. The van der Waals surface area contributed by atoms with Crippen molar-refractivity contribution in [2.75, 3.05) is 0 Å². The van der Waals surface area contributed by atoms with Crippen LogP contribution in [0.1, 0.15) is 179 Å². The quantitative estimate of drug-likeness (QED) is 0.0402.